The molecule has 0 aliphatic rings. The van der Waals surface area contributed by atoms with Crippen LogP contribution < -0.4 is 20.7 Å². The Morgan fingerprint density at radius 1 is 1.08 bits per heavy atom. The maximum absolute atomic E-state index is 9.60. The van der Waals surface area contributed by atoms with E-state index in [2.05, 4.69) is 10.4 Å². The number of pyridine rings is 1. The smallest absolute Gasteiger partial charge is 0.161 e. The second kappa shape index (κ2) is 6.74. The molecule has 0 amide bonds. The van der Waals surface area contributed by atoms with E-state index >= 15 is 0 Å². The summed E-state index contributed by atoms with van der Waals surface area (Å²) in [6.45, 7) is -0.0512. The van der Waals surface area contributed by atoms with Gasteiger partial charge in [-0.3, -0.25) is 0 Å². The van der Waals surface area contributed by atoms with Crippen molar-refractivity contribution in [1.82, 2.24) is 4.98 Å². The van der Waals surface area contributed by atoms with Crippen molar-refractivity contribution < 1.29 is 14.6 Å². The highest BCUT2D eigenvalue weighted by atomic mass is 16.5. The van der Waals surface area contributed by atoms with Gasteiger partial charge in [-0.15, -0.1) is 0 Å². The van der Waals surface area contributed by atoms with Crippen LogP contribution in [0.3, 0.4) is 0 Å². The number of aliphatic hydroxyl groups excluding tert-OH is 1. The second-order valence-electron chi connectivity index (χ2n) is 5.30. The van der Waals surface area contributed by atoms with Gasteiger partial charge in [0.2, 0.25) is 0 Å². The number of anilines is 1. The van der Waals surface area contributed by atoms with E-state index < -0.39 is 0 Å². The van der Waals surface area contributed by atoms with Gasteiger partial charge in [0.15, 0.2) is 11.5 Å². The molecular weight excluding hydrogens is 306 g/mol. The summed E-state index contributed by atoms with van der Waals surface area (Å²) in [4.78, 5) is 4.14. The van der Waals surface area contributed by atoms with Crippen LogP contribution in [-0.2, 0) is 6.61 Å². The Kier molecular flexibility index (Phi) is 4.50. The van der Waals surface area contributed by atoms with Gasteiger partial charge in [-0.1, -0.05) is 0 Å². The van der Waals surface area contributed by atoms with Gasteiger partial charge < -0.3 is 20.0 Å². The van der Waals surface area contributed by atoms with E-state index in [1.807, 2.05) is 36.4 Å². The minimum atomic E-state index is -0.0512. The molecule has 0 spiro atoms. The summed E-state index contributed by atoms with van der Waals surface area (Å²) >= 11 is 0. The number of hydrazine groups is 1. The Hall–Kier alpha value is -2.83. The summed E-state index contributed by atoms with van der Waals surface area (Å²) in [6, 6.07) is 11.5. The van der Waals surface area contributed by atoms with Crippen LogP contribution in [-0.4, -0.2) is 24.3 Å². The van der Waals surface area contributed by atoms with Crippen LogP contribution in [0.2, 0.25) is 0 Å². The fraction of sp³-hybridized carbons (Fsp3) is 0.167. The van der Waals surface area contributed by atoms with E-state index in [1.165, 1.54) is 0 Å². The Morgan fingerprint density at radius 2 is 1.83 bits per heavy atom. The molecule has 0 fully saturated rings. The second-order valence-corrected chi connectivity index (χ2v) is 5.30. The molecule has 3 aromatic rings. The Bertz CT molecular complexity index is 881. The third kappa shape index (κ3) is 2.84. The Balaban J connectivity index is 2.32. The van der Waals surface area contributed by atoms with Gasteiger partial charge >= 0.3 is 0 Å². The zero-order valence-electron chi connectivity index (χ0n) is 13.5. The third-order valence-corrected chi connectivity index (χ3v) is 3.92. The lowest BCUT2D eigenvalue weighted by molar-refractivity contribution is 0.282. The number of ether oxygens (including phenoxy) is 2. The van der Waals surface area contributed by atoms with E-state index in [9.17, 15) is 5.11 Å². The fourth-order valence-corrected chi connectivity index (χ4v) is 2.76. The average molecular weight is 325 g/mol. The quantitative estimate of drug-likeness (QED) is 0.494. The van der Waals surface area contributed by atoms with Crippen molar-refractivity contribution in [3.05, 3.63) is 48.2 Å². The molecule has 124 valence electrons. The van der Waals surface area contributed by atoms with Gasteiger partial charge in [0.1, 0.15) is 5.82 Å². The molecule has 0 saturated carbocycles. The molecule has 0 aliphatic heterocycles. The van der Waals surface area contributed by atoms with E-state index in [-0.39, 0.29) is 6.61 Å². The molecule has 3 rings (SSSR count). The summed E-state index contributed by atoms with van der Waals surface area (Å²) in [5, 5.41) is 11.5. The topological polar surface area (TPSA) is 89.6 Å². The van der Waals surface area contributed by atoms with Crippen LogP contribution in [0.15, 0.2) is 42.6 Å². The van der Waals surface area contributed by atoms with Gasteiger partial charge in [0.25, 0.3) is 0 Å². The Morgan fingerprint density at radius 3 is 2.50 bits per heavy atom. The van der Waals surface area contributed by atoms with Gasteiger partial charge in [-0.2, -0.15) is 0 Å². The van der Waals surface area contributed by atoms with E-state index in [0.29, 0.717) is 17.3 Å². The highest BCUT2D eigenvalue weighted by Crippen LogP contribution is 2.38. The number of hydrogen-bond donors (Lipinski definition) is 3. The highest BCUT2D eigenvalue weighted by molar-refractivity contribution is 5.99. The number of aromatic nitrogens is 1. The molecule has 2 aromatic carbocycles. The summed E-state index contributed by atoms with van der Waals surface area (Å²) in [6.07, 6.45) is 1.68. The van der Waals surface area contributed by atoms with Crippen molar-refractivity contribution in [2.75, 3.05) is 19.6 Å². The summed E-state index contributed by atoms with van der Waals surface area (Å²) in [7, 11) is 3.21. The minimum Gasteiger partial charge on any atom is -0.493 e. The zero-order valence-corrected chi connectivity index (χ0v) is 13.5. The number of hydrogen-bond acceptors (Lipinski definition) is 6. The van der Waals surface area contributed by atoms with Crippen LogP contribution in [0, 0.1) is 0 Å². The number of aliphatic hydroxyl groups is 1. The number of rotatable bonds is 5. The molecule has 0 radical (unpaired) electrons. The maximum Gasteiger partial charge on any atom is 0.161 e. The maximum atomic E-state index is 9.60. The molecule has 1 heterocycles. The van der Waals surface area contributed by atoms with Gasteiger partial charge in [0, 0.05) is 6.20 Å². The van der Waals surface area contributed by atoms with Gasteiger partial charge in [0.05, 0.1) is 20.8 Å². The summed E-state index contributed by atoms with van der Waals surface area (Å²) in [5.41, 5.74) is 5.25. The molecule has 6 nitrogen and oxygen atoms in total. The molecule has 24 heavy (non-hydrogen) atoms. The van der Waals surface area contributed by atoms with E-state index in [0.717, 1.165) is 27.5 Å². The molecule has 4 N–H and O–H groups in total. The lowest BCUT2D eigenvalue weighted by Crippen LogP contribution is -2.08. The van der Waals surface area contributed by atoms with Crippen molar-refractivity contribution >= 4 is 16.6 Å². The van der Waals surface area contributed by atoms with Crippen molar-refractivity contribution in [1.29, 1.82) is 0 Å². The first-order valence-corrected chi connectivity index (χ1v) is 7.42. The molecule has 0 aliphatic carbocycles. The predicted molar refractivity (Wildman–Crippen MR) is 94.0 cm³/mol. The van der Waals surface area contributed by atoms with Crippen molar-refractivity contribution in [3.63, 3.8) is 0 Å². The van der Waals surface area contributed by atoms with Gasteiger partial charge in [-0.25, -0.2) is 10.8 Å². The largest absolute Gasteiger partial charge is 0.493 e. The van der Waals surface area contributed by atoms with Crippen molar-refractivity contribution in [3.8, 4) is 22.6 Å². The van der Waals surface area contributed by atoms with Gasteiger partial charge in [-0.05, 0) is 63.9 Å². The third-order valence-electron chi connectivity index (χ3n) is 3.92. The first-order chi connectivity index (χ1) is 11.7. The normalized spacial score (nSPS) is 10.7. The molecule has 0 unspecified atom stereocenters. The van der Waals surface area contributed by atoms with Crippen molar-refractivity contribution in [2.45, 2.75) is 6.61 Å². The summed E-state index contributed by atoms with van der Waals surface area (Å²) in [5.74, 6) is 7.32. The lowest BCUT2D eigenvalue weighted by Gasteiger charge is -2.14. The lowest BCUT2D eigenvalue weighted by atomic mass is 9.95. The fourth-order valence-electron chi connectivity index (χ4n) is 2.76. The Labute approximate surface area is 139 Å². The number of nitrogens with one attached hydrogen (secondary N) is 1. The molecular formula is C18H19N3O3. The van der Waals surface area contributed by atoms with E-state index in [4.69, 9.17) is 15.3 Å². The van der Waals surface area contributed by atoms with Crippen LogP contribution in [0.25, 0.3) is 21.9 Å². The monoisotopic (exact) mass is 325 g/mol. The van der Waals surface area contributed by atoms with E-state index in [1.54, 1.807) is 20.4 Å². The number of fused-ring (bicyclic) bond motifs is 1. The first-order valence-electron chi connectivity index (χ1n) is 7.42. The van der Waals surface area contributed by atoms with Crippen LogP contribution >= 0.6 is 0 Å². The summed E-state index contributed by atoms with van der Waals surface area (Å²) < 4.78 is 10.8. The molecule has 0 atom stereocenters. The van der Waals surface area contributed by atoms with Crippen LogP contribution in [0.1, 0.15) is 5.56 Å². The highest BCUT2D eigenvalue weighted by Gasteiger charge is 2.12. The molecule has 6 heteroatoms. The zero-order chi connectivity index (χ0) is 17.1. The number of methoxy groups -OCH3 is 2. The minimum absolute atomic E-state index is 0.0512. The standard InChI is InChI=1S/C18H19N3O3/c1-23-16-7-13-5-11(10-22)6-14(15(13)9-17(16)24-2)12-3-4-20-18(8-12)21-19/h3-9,22H,10,19H2,1-2H3,(H,20,21). The van der Waals surface area contributed by atoms with Crippen LogP contribution in [0.5, 0.6) is 11.5 Å². The molecule has 0 saturated heterocycles. The number of nitrogen functional groups attached to an aromatic ring is 1. The van der Waals surface area contributed by atoms with Crippen molar-refractivity contribution in [2.24, 2.45) is 5.84 Å². The molecule has 1 aromatic heterocycles. The number of nitrogens with two attached hydrogens (primary N) is 1. The SMILES string of the molecule is COc1cc2cc(CO)cc(-c3ccnc(NN)c3)c2cc1OC. The van der Waals surface area contributed by atoms with Crippen LogP contribution in [0.4, 0.5) is 5.82 Å². The number of nitrogens with zero attached hydrogens (tertiary/aromatic N) is 1. The average Bonchev–Trinajstić information content (AvgIpc) is 2.65. The molecule has 0 bridgehead atoms. The first kappa shape index (κ1) is 16.0. The number of benzene rings is 2. The predicted octanol–water partition coefficient (Wildman–Crippen LogP) is 2.70.